The van der Waals surface area contributed by atoms with E-state index in [0.29, 0.717) is 28.7 Å². The van der Waals surface area contributed by atoms with Crippen LogP contribution in [0.25, 0.3) is 0 Å². The van der Waals surface area contributed by atoms with E-state index in [1.54, 1.807) is 12.1 Å². The van der Waals surface area contributed by atoms with Crippen molar-refractivity contribution in [2.24, 2.45) is 11.8 Å². The molecule has 2 aliphatic carbocycles. The first-order chi connectivity index (χ1) is 8.65. The summed E-state index contributed by atoms with van der Waals surface area (Å²) in [6.45, 7) is 0. The molecule has 4 nitrogen and oxygen atoms in total. The number of hydrogen-bond donors (Lipinski definition) is 2. The second-order valence-electron chi connectivity index (χ2n) is 5.24. The highest BCUT2D eigenvalue weighted by Crippen LogP contribution is 2.44. The summed E-state index contributed by atoms with van der Waals surface area (Å²) in [5.41, 5.74) is 5.83. The van der Waals surface area contributed by atoms with Gasteiger partial charge < -0.3 is 11.1 Å². The number of nitrogens with one attached hydrogen (secondary N) is 1. The van der Waals surface area contributed by atoms with Crippen LogP contribution in [0.5, 0.6) is 0 Å². The molecule has 1 heterocycles. The van der Waals surface area contributed by atoms with Crippen molar-refractivity contribution < 1.29 is 4.79 Å². The standard InChI is InChI=1S/C13H16ClN3O/c14-9-5-6-10(15)16-12(9)13(18)17-11(7-1-2-7)8-3-4-8/h5-8,11H,1-4H2,(H2,15,16)(H,17,18). The number of aromatic nitrogens is 1. The fraction of sp³-hybridized carbons (Fsp3) is 0.538. The minimum atomic E-state index is -0.198. The lowest BCUT2D eigenvalue weighted by Gasteiger charge is -2.17. The molecule has 0 aromatic carbocycles. The van der Waals surface area contributed by atoms with Crippen molar-refractivity contribution in [3.05, 3.63) is 22.8 Å². The van der Waals surface area contributed by atoms with Crippen LogP contribution in [0, 0.1) is 11.8 Å². The van der Waals surface area contributed by atoms with Crippen LogP contribution in [0.3, 0.4) is 0 Å². The molecule has 0 atom stereocenters. The number of pyridine rings is 1. The molecule has 1 aromatic heterocycles. The van der Waals surface area contributed by atoms with Gasteiger partial charge in [-0.15, -0.1) is 0 Å². The van der Waals surface area contributed by atoms with E-state index in [9.17, 15) is 4.79 Å². The maximum absolute atomic E-state index is 12.2. The largest absolute Gasteiger partial charge is 0.384 e. The quantitative estimate of drug-likeness (QED) is 0.877. The molecule has 0 bridgehead atoms. The van der Waals surface area contributed by atoms with E-state index in [1.807, 2.05) is 0 Å². The van der Waals surface area contributed by atoms with Gasteiger partial charge in [-0.2, -0.15) is 0 Å². The fourth-order valence-corrected chi connectivity index (χ4v) is 2.56. The lowest BCUT2D eigenvalue weighted by atomic mass is 10.1. The molecule has 18 heavy (non-hydrogen) atoms. The van der Waals surface area contributed by atoms with Crippen LogP contribution in [0.4, 0.5) is 5.82 Å². The zero-order chi connectivity index (χ0) is 12.7. The van der Waals surface area contributed by atoms with E-state index in [4.69, 9.17) is 17.3 Å². The molecule has 2 aliphatic rings. The van der Waals surface area contributed by atoms with Gasteiger partial charge in [-0.3, -0.25) is 4.79 Å². The molecule has 0 radical (unpaired) electrons. The highest BCUT2D eigenvalue weighted by atomic mass is 35.5. The second-order valence-corrected chi connectivity index (χ2v) is 5.65. The van der Waals surface area contributed by atoms with Crippen LogP contribution in [-0.2, 0) is 0 Å². The predicted molar refractivity (Wildman–Crippen MR) is 70.4 cm³/mol. The maximum Gasteiger partial charge on any atom is 0.271 e. The number of halogens is 1. The lowest BCUT2D eigenvalue weighted by Crippen LogP contribution is -2.38. The number of anilines is 1. The highest BCUT2D eigenvalue weighted by Gasteiger charge is 2.42. The summed E-state index contributed by atoms with van der Waals surface area (Å²) in [7, 11) is 0. The number of nitrogen functional groups attached to an aromatic ring is 1. The Morgan fingerprint density at radius 1 is 1.33 bits per heavy atom. The average molecular weight is 266 g/mol. The molecule has 0 aliphatic heterocycles. The minimum absolute atomic E-state index is 0.198. The van der Waals surface area contributed by atoms with Crippen LogP contribution in [0.2, 0.25) is 5.02 Å². The second kappa shape index (κ2) is 4.43. The molecule has 96 valence electrons. The third-order valence-corrected chi connectivity index (χ3v) is 3.95. The number of amides is 1. The monoisotopic (exact) mass is 265 g/mol. The molecule has 2 fully saturated rings. The van der Waals surface area contributed by atoms with Gasteiger partial charge in [0.25, 0.3) is 5.91 Å². The van der Waals surface area contributed by atoms with Crippen molar-refractivity contribution in [2.45, 2.75) is 31.7 Å². The zero-order valence-electron chi connectivity index (χ0n) is 10.0. The van der Waals surface area contributed by atoms with Crippen LogP contribution < -0.4 is 11.1 Å². The van der Waals surface area contributed by atoms with Crippen LogP contribution >= 0.6 is 11.6 Å². The van der Waals surface area contributed by atoms with Gasteiger partial charge in [-0.25, -0.2) is 4.98 Å². The predicted octanol–water partition coefficient (Wildman–Crippen LogP) is 2.24. The van der Waals surface area contributed by atoms with Crippen molar-refractivity contribution >= 4 is 23.3 Å². The molecular weight excluding hydrogens is 250 g/mol. The molecule has 1 aromatic rings. The minimum Gasteiger partial charge on any atom is -0.384 e. The van der Waals surface area contributed by atoms with Gasteiger partial charge in [0, 0.05) is 6.04 Å². The molecular formula is C13H16ClN3O. The highest BCUT2D eigenvalue weighted by molar-refractivity contribution is 6.33. The number of nitrogens with two attached hydrogens (primary N) is 1. The normalized spacial score (nSPS) is 19.0. The topological polar surface area (TPSA) is 68.0 Å². The summed E-state index contributed by atoms with van der Waals surface area (Å²) in [5, 5.41) is 3.44. The fourth-order valence-electron chi connectivity index (χ4n) is 2.37. The smallest absolute Gasteiger partial charge is 0.271 e. The van der Waals surface area contributed by atoms with Crippen molar-refractivity contribution in [3.8, 4) is 0 Å². The molecule has 0 saturated heterocycles. The molecule has 5 heteroatoms. The van der Waals surface area contributed by atoms with Gasteiger partial charge in [0.15, 0.2) is 0 Å². The van der Waals surface area contributed by atoms with E-state index < -0.39 is 0 Å². The van der Waals surface area contributed by atoms with Crippen molar-refractivity contribution in [2.75, 3.05) is 5.73 Å². The summed E-state index contributed by atoms with van der Waals surface area (Å²) in [5.74, 6) is 1.43. The summed E-state index contributed by atoms with van der Waals surface area (Å²) >= 11 is 5.99. The van der Waals surface area contributed by atoms with Gasteiger partial charge in [0.1, 0.15) is 11.5 Å². The van der Waals surface area contributed by atoms with Crippen LogP contribution in [-0.4, -0.2) is 16.9 Å². The Balaban J connectivity index is 1.75. The molecule has 3 N–H and O–H groups in total. The number of carbonyl (C=O) groups is 1. The first kappa shape index (κ1) is 11.8. The Bertz CT molecular complexity index is 471. The Morgan fingerprint density at radius 2 is 1.94 bits per heavy atom. The van der Waals surface area contributed by atoms with Crippen LogP contribution in [0.15, 0.2) is 12.1 Å². The van der Waals surface area contributed by atoms with Gasteiger partial charge in [0.05, 0.1) is 5.02 Å². The molecule has 1 amide bonds. The summed E-state index contributed by atoms with van der Waals surface area (Å²) in [6, 6.07) is 3.51. The van der Waals surface area contributed by atoms with E-state index in [-0.39, 0.29) is 11.6 Å². The zero-order valence-corrected chi connectivity index (χ0v) is 10.8. The van der Waals surface area contributed by atoms with Gasteiger partial charge in [-0.1, -0.05) is 11.6 Å². The molecule has 0 spiro atoms. The summed E-state index contributed by atoms with van der Waals surface area (Å²) < 4.78 is 0. The van der Waals surface area contributed by atoms with Gasteiger partial charge >= 0.3 is 0 Å². The Labute approximate surface area is 111 Å². The van der Waals surface area contributed by atoms with E-state index in [1.165, 1.54) is 25.7 Å². The van der Waals surface area contributed by atoms with Crippen LogP contribution in [0.1, 0.15) is 36.2 Å². The van der Waals surface area contributed by atoms with Gasteiger partial charge in [-0.05, 0) is 49.7 Å². The van der Waals surface area contributed by atoms with Crippen molar-refractivity contribution in [3.63, 3.8) is 0 Å². The SMILES string of the molecule is Nc1ccc(Cl)c(C(=O)NC(C2CC2)C2CC2)n1. The first-order valence-corrected chi connectivity index (χ1v) is 6.76. The Morgan fingerprint density at radius 3 is 2.50 bits per heavy atom. The summed E-state index contributed by atoms with van der Waals surface area (Å²) in [6.07, 6.45) is 4.89. The van der Waals surface area contributed by atoms with Crippen molar-refractivity contribution in [1.29, 1.82) is 0 Å². The maximum atomic E-state index is 12.2. The van der Waals surface area contributed by atoms with E-state index in [0.717, 1.165) is 0 Å². The van der Waals surface area contributed by atoms with E-state index >= 15 is 0 Å². The number of nitrogens with zero attached hydrogens (tertiary/aromatic N) is 1. The number of rotatable bonds is 4. The average Bonchev–Trinajstić information content (AvgIpc) is 3.21. The van der Waals surface area contributed by atoms with Gasteiger partial charge in [0.2, 0.25) is 0 Å². The Hall–Kier alpha value is -1.29. The van der Waals surface area contributed by atoms with Crippen molar-refractivity contribution in [1.82, 2.24) is 10.3 Å². The van der Waals surface area contributed by atoms with E-state index in [2.05, 4.69) is 10.3 Å². The molecule has 0 unspecified atom stereocenters. The molecule has 3 rings (SSSR count). The first-order valence-electron chi connectivity index (χ1n) is 6.38. The third kappa shape index (κ3) is 2.43. The lowest BCUT2D eigenvalue weighted by molar-refractivity contribution is 0.0921. The number of carbonyl (C=O) groups excluding carboxylic acids is 1. The Kier molecular flexibility index (Phi) is 2.90. The molecule has 2 saturated carbocycles. The summed E-state index contributed by atoms with van der Waals surface area (Å²) in [4.78, 5) is 16.2. The number of hydrogen-bond acceptors (Lipinski definition) is 3. The third-order valence-electron chi connectivity index (χ3n) is 3.64.